The predicted octanol–water partition coefficient (Wildman–Crippen LogP) is 5.28. The van der Waals surface area contributed by atoms with Crippen LogP contribution in [0.3, 0.4) is 0 Å². The van der Waals surface area contributed by atoms with Crippen molar-refractivity contribution in [1.82, 2.24) is 5.32 Å². The highest BCUT2D eigenvalue weighted by molar-refractivity contribution is 5.68. The van der Waals surface area contributed by atoms with E-state index in [1.165, 1.54) is 27.8 Å². The third-order valence-electron chi connectivity index (χ3n) is 3.85. The zero-order chi connectivity index (χ0) is 15.4. The van der Waals surface area contributed by atoms with Crippen LogP contribution >= 0.6 is 0 Å². The molecule has 21 heavy (non-hydrogen) atoms. The highest BCUT2D eigenvalue weighted by Crippen LogP contribution is 2.27. The zero-order valence-electron chi connectivity index (χ0n) is 13.9. The summed E-state index contributed by atoms with van der Waals surface area (Å²) in [6.45, 7) is 11.9. The fourth-order valence-electron chi connectivity index (χ4n) is 2.47. The number of aryl methyl sites for hydroxylation is 1. The average Bonchev–Trinajstić information content (AvgIpc) is 2.46. The van der Waals surface area contributed by atoms with Gasteiger partial charge in [0.25, 0.3) is 0 Å². The summed E-state index contributed by atoms with van der Waals surface area (Å²) in [7, 11) is 0. The molecule has 1 heteroatoms. The van der Waals surface area contributed by atoms with E-state index in [9.17, 15) is 0 Å². The minimum absolute atomic E-state index is 0.502. The van der Waals surface area contributed by atoms with Crippen molar-refractivity contribution in [3.63, 3.8) is 0 Å². The van der Waals surface area contributed by atoms with Crippen LogP contribution in [0.4, 0.5) is 0 Å². The van der Waals surface area contributed by atoms with Gasteiger partial charge in [-0.15, -0.1) is 0 Å². The molecule has 2 aromatic rings. The smallest absolute Gasteiger partial charge is 0.0214 e. The zero-order valence-corrected chi connectivity index (χ0v) is 13.9. The molecule has 0 bridgehead atoms. The van der Waals surface area contributed by atoms with E-state index in [2.05, 4.69) is 82.4 Å². The van der Waals surface area contributed by atoms with Crippen molar-refractivity contribution in [2.75, 3.05) is 0 Å². The Balaban J connectivity index is 2.34. The van der Waals surface area contributed by atoms with Crippen molar-refractivity contribution in [2.24, 2.45) is 0 Å². The van der Waals surface area contributed by atoms with Crippen molar-refractivity contribution < 1.29 is 0 Å². The van der Waals surface area contributed by atoms with Crippen LogP contribution in [-0.2, 0) is 6.54 Å². The Morgan fingerprint density at radius 2 is 1.57 bits per heavy atom. The Labute approximate surface area is 129 Å². The van der Waals surface area contributed by atoms with Crippen LogP contribution in [0.15, 0.2) is 42.5 Å². The molecule has 0 aliphatic rings. The average molecular weight is 281 g/mol. The van der Waals surface area contributed by atoms with E-state index >= 15 is 0 Å². The fraction of sp³-hybridized carbons (Fsp3) is 0.400. The molecule has 0 saturated carbocycles. The van der Waals surface area contributed by atoms with Gasteiger partial charge in [-0.3, -0.25) is 0 Å². The van der Waals surface area contributed by atoms with Gasteiger partial charge in [-0.2, -0.15) is 0 Å². The third kappa shape index (κ3) is 4.18. The highest BCUT2D eigenvalue weighted by atomic mass is 14.9. The van der Waals surface area contributed by atoms with Crippen LogP contribution in [0.1, 0.15) is 50.3 Å². The SMILES string of the molecule is Cc1ccc(CNC(C)C)c(-c2ccc(C(C)C)cc2)c1. The molecule has 0 amide bonds. The Hall–Kier alpha value is -1.60. The van der Waals surface area contributed by atoms with Crippen LogP contribution in [0.25, 0.3) is 11.1 Å². The summed E-state index contributed by atoms with van der Waals surface area (Å²) in [5.41, 5.74) is 6.73. The maximum Gasteiger partial charge on any atom is 0.0214 e. The molecule has 112 valence electrons. The van der Waals surface area contributed by atoms with Crippen LogP contribution in [0.2, 0.25) is 0 Å². The minimum Gasteiger partial charge on any atom is -0.310 e. The molecule has 2 aromatic carbocycles. The summed E-state index contributed by atoms with van der Waals surface area (Å²) in [5.74, 6) is 0.582. The standard InChI is InChI=1S/C20H27N/c1-14(2)17-8-10-18(11-9-17)20-12-16(5)6-7-19(20)13-21-15(3)4/h6-12,14-15,21H,13H2,1-5H3. The summed E-state index contributed by atoms with van der Waals surface area (Å²) >= 11 is 0. The summed E-state index contributed by atoms with van der Waals surface area (Å²) in [6.07, 6.45) is 0. The molecular formula is C20H27N. The molecule has 0 aliphatic heterocycles. The second-order valence-electron chi connectivity index (χ2n) is 6.47. The summed E-state index contributed by atoms with van der Waals surface area (Å²) in [5, 5.41) is 3.52. The minimum atomic E-state index is 0.502. The summed E-state index contributed by atoms with van der Waals surface area (Å²) in [6, 6.07) is 16.2. The summed E-state index contributed by atoms with van der Waals surface area (Å²) in [4.78, 5) is 0. The van der Waals surface area contributed by atoms with Gasteiger partial charge in [-0.1, -0.05) is 75.7 Å². The lowest BCUT2D eigenvalue weighted by Gasteiger charge is -2.15. The lowest BCUT2D eigenvalue weighted by atomic mass is 9.94. The van der Waals surface area contributed by atoms with Gasteiger partial charge in [0.2, 0.25) is 0 Å². The quantitative estimate of drug-likeness (QED) is 0.786. The molecule has 0 fully saturated rings. The molecule has 2 rings (SSSR count). The van der Waals surface area contributed by atoms with E-state index in [1.807, 2.05) is 0 Å². The largest absolute Gasteiger partial charge is 0.310 e. The number of hydrogen-bond acceptors (Lipinski definition) is 1. The lowest BCUT2D eigenvalue weighted by Crippen LogP contribution is -2.22. The lowest BCUT2D eigenvalue weighted by molar-refractivity contribution is 0.589. The van der Waals surface area contributed by atoms with Crippen LogP contribution < -0.4 is 5.32 Å². The van der Waals surface area contributed by atoms with E-state index in [0.29, 0.717) is 12.0 Å². The van der Waals surface area contributed by atoms with E-state index in [-0.39, 0.29) is 0 Å². The number of rotatable bonds is 5. The van der Waals surface area contributed by atoms with Crippen molar-refractivity contribution in [3.05, 3.63) is 59.2 Å². The molecule has 0 radical (unpaired) electrons. The summed E-state index contributed by atoms with van der Waals surface area (Å²) < 4.78 is 0. The molecule has 0 heterocycles. The topological polar surface area (TPSA) is 12.0 Å². The second kappa shape index (κ2) is 6.91. The maximum absolute atomic E-state index is 3.52. The molecule has 1 N–H and O–H groups in total. The molecule has 0 spiro atoms. The molecule has 1 nitrogen and oxygen atoms in total. The monoisotopic (exact) mass is 281 g/mol. The van der Waals surface area contributed by atoms with E-state index in [0.717, 1.165) is 6.54 Å². The number of nitrogens with one attached hydrogen (secondary N) is 1. The van der Waals surface area contributed by atoms with Gasteiger partial charge in [-0.05, 0) is 35.1 Å². The van der Waals surface area contributed by atoms with Gasteiger partial charge in [0.15, 0.2) is 0 Å². The highest BCUT2D eigenvalue weighted by Gasteiger charge is 2.07. The Bertz CT molecular complexity index is 579. The van der Waals surface area contributed by atoms with Gasteiger partial charge in [0.05, 0.1) is 0 Å². The van der Waals surface area contributed by atoms with Crippen molar-refractivity contribution in [3.8, 4) is 11.1 Å². The van der Waals surface area contributed by atoms with Crippen LogP contribution in [0.5, 0.6) is 0 Å². The maximum atomic E-state index is 3.52. The van der Waals surface area contributed by atoms with E-state index in [1.54, 1.807) is 0 Å². The van der Waals surface area contributed by atoms with Crippen molar-refractivity contribution in [2.45, 2.75) is 53.1 Å². The van der Waals surface area contributed by atoms with Crippen molar-refractivity contribution in [1.29, 1.82) is 0 Å². The van der Waals surface area contributed by atoms with E-state index in [4.69, 9.17) is 0 Å². The Kier molecular flexibility index (Phi) is 5.19. The van der Waals surface area contributed by atoms with Gasteiger partial charge in [-0.25, -0.2) is 0 Å². The Morgan fingerprint density at radius 1 is 0.905 bits per heavy atom. The first-order valence-corrected chi connectivity index (χ1v) is 7.90. The molecule has 0 unspecified atom stereocenters. The Morgan fingerprint density at radius 3 is 2.14 bits per heavy atom. The van der Waals surface area contributed by atoms with Gasteiger partial charge in [0, 0.05) is 12.6 Å². The normalized spacial score (nSPS) is 11.4. The second-order valence-corrected chi connectivity index (χ2v) is 6.47. The van der Waals surface area contributed by atoms with E-state index < -0.39 is 0 Å². The first-order valence-electron chi connectivity index (χ1n) is 7.90. The first kappa shape index (κ1) is 15.8. The van der Waals surface area contributed by atoms with Crippen LogP contribution in [-0.4, -0.2) is 6.04 Å². The molecule has 0 atom stereocenters. The number of hydrogen-bond donors (Lipinski definition) is 1. The molecule has 0 aromatic heterocycles. The van der Waals surface area contributed by atoms with Gasteiger partial charge >= 0.3 is 0 Å². The third-order valence-corrected chi connectivity index (χ3v) is 3.85. The fourth-order valence-corrected chi connectivity index (χ4v) is 2.47. The van der Waals surface area contributed by atoms with Gasteiger partial charge < -0.3 is 5.32 Å². The predicted molar refractivity (Wildman–Crippen MR) is 92.7 cm³/mol. The van der Waals surface area contributed by atoms with Crippen molar-refractivity contribution >= 4 is 0 Å². The van der Waals surface area contributed by atoms with Gasteiger partial charge in [0.1, 0.15) is 0 Å². The van der Waals surface area contributed by atoms with Crippen LogP contribution in [0, 0.1) is 6.92 Å². The first-order chi connectivity index (χ1) is 9.97. The molecule has 0 aliphatic carbocycles. The molecular weight excluding hydrogens is 254 g/mol. The molecule has 0 saturated heterocycles. The number of benzene rings is 2.